The lowest BCUT2D eigenvalue weighted by Crippen LogP contribution is -2.25. The van der Waals surface area contributed by atoms with Crippen LogP contribution in [-0.2, 0) is 11.2 Å². The van der Waals surface area contributed by atoms with Crippen molar-refractivity contribution in [1.82, 2.24) is 15.5 Å². The van der Waals surface area contributed by atoms with E-state index in [0.717, 1.165) is 6.54 Å². The molecule has 0 aliphatic heterocycles. The Labute approximate surface area is 127 Å². The fourth-order valence-electron chi connectivity index (χ4n) is 2.14. The molecule has 1 aliphatic rings. The summed E-state index contributed by atoms with van der Waals surface area (Å²) < 4.78 is 18.0. The molecule has 1 fully saturated rings. The highest BCUT2D eigenvalue weighted by atomic mass is 19.1. The van der Waals surface area contributed by atoms with E-state index in [1.807, 2.05) is 0 Å². The SMILES string of the molecule is O=C(CCCc1nc(-c2ccc(F)cc2)no1)NCC1CC1. The zero-order chi connectivity index (χ0) is 15.4. The van der Waals surface area contributed by atoms with Crippen LogP contribution in [0.5, 0.6) is 0 Å². The minimum atomic E-state index is -0.301. The molecule has 1 amide bonds. The molecule has 0 atom stereocenters. The first kappa shape index (κ1) is 14.7. The van der Waals surface area contributed by atoms with E-state index in [-0.39, 0.29) is 11.7 Å². The molecule has 116 valence electrons. The molecule has 0 spiro atoms. The summed E-state index contributed by atoms with van der Waals surface area (Å²) in [6.07, 6.45) is 4.15. The van der Waals surface area contributed by atoms with E-state index in [2.05, 4.69) is 15.5 Å². The van der Waals surface area contributed by atoms with Crippen LogP contribution in [0.15, 0.2) is 28.8 Å². The van der Waals surface area contributed by atoms with Crippen molar-refractivity contribution < 1.29 is 13.7 Å². The molecule has 1 aliphatic carbocycles. The van der Waals surface area contributed by atoms with Crippen molar-refractivity contribution in [2.75, 3.05) is 6.54 Å². The van der Waals surface area contributed by atoms with Gasteiger partial charge in [-0.1, -0.05) is 5.16 Å². The number of aromatic nitrogens is 2. The van der Waals surface area contributed by atoms with Crippen LogP contribution >= 0.6 is 0 Å². The second kappa shape index (κ2) is 6.68. The van der Waals surface area contributed by atoms with Gasteiger partial charge in [-0.05, 0) is 49.4 Å². The van der Waals surface area contributed by atoms with Gasteiger partial charge in [-0.25, -0.2) is 4.39 Å². The lowest BCUT2D eigenvalue weighted by molar-refractivity contribution is -0.121. The van der Waals surface area contributed by atoms with Crippen LogP contribution in [0, 0.1) is 11.7 Å². The van der Waals surface area contributed by atoms with E-state index < -0.39 is 0 Å². The maximum absolute atomic E-state index is 12.9. The van der Waals surface area contributed by atoms with Crippen LogP contribution in [0.3, 0.4) is 0 Å². The first-order valence-corrected chi connectivity index (χ1v) is 7.56. The summed E-state index contributed by atoms with van der Waals surface area (Å²) in [4.78, 5) is 15.9. The fourth-order valence-corrected chi connectivity index (χ4v) is 2.14. The molecule has 6 heteroatoms. The third-order valence-corrected chi connectivity index (χ3v) is 3.65. The van der Waals surface area contributed by atoms with Crippen LogP contribution < -0.4 is 5.32 Å². The topological polar surface area (TPSA) is 68.0 Å². The summed E-state index contributed by atoms with van der Waals surface area (Å²) in [7, 11) is 0. The molecule has 1 aromatic carbocycles. The standard InChI is InChI=1S/C16H18FN3O2/c17-13-8-6-12(7-9-13)16-19-15(22-20-16)3-1-2-14(21)18-10-11-4-5-11/h6-9,11H,1-5,10H2,(H,18,21). The lowest BCUT2D eigenvalue weighted by atomic mass is 10.2. The Morgan fingerprint density at radius 2 is 2.09 bits per heavy atom. The van der Waals surface area contributed by atoms with Crippen LogP contribution in [-0.4, -0.2) is 22.6 Å². The van der Waals surface area contributed by atoms with E-state index in [0.29, 0.717) is 42.5 Å². The van der Waals surface area contributed by atoms with Crippen molar-refractivity contribution in [3.05, 3.63) is 36.0 Å². The first-order chi connectivity index (χ1) is 10.7. The smallest absolute Gasteiger partial charge is 0.226 e. The summed E-state index contributed by atoms with van der Waals surface area (Å²) in [5.41, 5.74) is 0.707. The highest BCUT2D eigenvalue weighted by molar-refractivity contribution is 5.75. The lowest BCUT2D eigenvalue weighted by Gasteiger charge is -2.02. The predicted octanol–water partition coefficient (Wildman–Crippen LogP) is 2.72. The molecule has 2 aromatic rings. The van der Waals surface area contributed by atoms with Gasteiger partial charge < -0.3 is 9.84 Å². The van der Waals surface area contributed by atoms with Gasteiger partial charge in [-0.15, -0.1) is 0 Å². The molecule has 5 nitrogen and oxygen atoms in total. The number of nitrogens with one attached hydrogen (secondary N) is 1. The number of benzene rings is 1. The molecule has 3 rings (SSSR count). The fraction of sp³-hybridized carbons (Fsp3) is 0.438. The molecule has 1 heterocycles. The number of rotatable bonds is 7. The van der Waals surface area contributed by atoms with Gasteiger partial charge >= 0.3 is 0 Å². The number of aryl methyl sites for hydroxylation is 1. The van der Waals surface area contributed by atoms with E-state index in [1.165, 1.54) is 25.0 Å². The van der Waals surface area contributed by atoms with E-state index in [1.54, 1.807) is 12.1 Å². The van der Waals surface area contributed by atoms with Crippen LogP contribution in [0.4, 0.5) is 4.39 Å². The number of nitrogens with zero attached hydrogens (tertiary/aromatic N) is 2. The Hall–Kier alpha value is -2.24. The monoisotopic (exact) mass is 303 g/mol. The number of amides is 1. The Morgan fingerprint density at radius 1 is 1.32 bits per heavy atom. The number of hydrogen-bond acceptors (Lipinski definition) is 4. The average Bonchev–Trinajstić information content (AvgIpc) is 3.24. The molecule has 1 saturated carbocycles. The zero-order valence-corrected chi connectivity index (χ0v) is 12.2. The van der Waals surface area contributed by atoms with Crippen molar-refractivity contribution in [3.63, 3.8) is 0 Å². The van der Waals surface area contributed by atoms with Crippen LogP contribution in [0.1, 0.15) is 31.6 Å². The Balaban J connectivity index is 1.45. The predicted molar refractivity (Wildman–Crippen MR) is 78.4 cm³/mol. The normalized spacial score (nSPS) is 14.0. The Bertz CT molecular complexity index is 635. The first-order valence-electron chi connectivity index (χ1n) is 7.56. The van der Waals surface area contributed by atoms with Crippen molar-refractivity contribution in [2.45, 2.75) is 32.1 Å². The molecule has 1 N–H and O–H groups in total. The minimum absolute atomic E-state index is 0.0742. The number of carbonyl (C=O) groups excluding carboxylic acids is 1. The number of carbonyl (C=O) groups is 1. The second-order valence-corrected chi connectivity index (χ2v) is 5.62. The molecular formula is C16H18FN3O2. The largest absolute Gasteiger partial charge is 0.356 e. The molecular weight excluding hydrogens is 285 g/mol. The van der Waals surface area contributed by atoms with Gasteiger partial charge in [-0.3, -0.25) is 4.79 Å². The quantitative estimate of drug-likeness (QED) is 0.854. The summed E-state index contributed by atoms with van der Waals surface area (Å²) >= 11 is 0. The van der Waals surface area contributed by atoms with E-state index in [4.69, 9.17) is 4.52 Å². The third-order valence-electron chi connectivity index (χ3n) is 3.65. The Morgan fingerprint density at radius 3 is 2.82 bits per heavy atom. The van der Waals surface area contributed by atoms with Crippen LogP contribution in [0.2, 0.25) is 0 Å². The van der Waals surface area contributed by atoms with Gasteiger partial charge in [0.15, 0.2) is 0 Å². The maximum atomic E-state index is 12.9. The molecule has 22 heavy (non-hydrogen) atoms. The van der Waals surface area contributed by atoms with Gasteiger partial charge in [-0.2, -0.15) is 4.98 Å². The highest BCUT2D eigenvalue weighted by Gasteiger charge is 2.21. The maximum Gasteiger partial charge on any atom is 0.226 e. The van der Waals surface area contributed by atoms with Crippen molar-refractivity contribution in [1.29, 1.82) is 0 Å². The van der Waals surface area contributed by atoms with Gasteiger partial charge in [0.05, 0.1) is 0 Å². The van der Waals surface area contributed by atoms with E-state index >= 15 is 0 Å². The van der Waals surface area contributed by atoms with Gasteiger partial charge in [0.25, 0.3) is 0 Å². The minimum Gasteiger partial charge on any atom is -0.356 e. The summed E-state index contributed by atoms with van der Waals surface area (Å²) in [6.45, 7) is 0.800. The molecule has 0 radical (unpaired) electrons. The molecule has 0 saturated heterocycles. The van der Waals surface area contributed by atoms with Gasteiger partial charge in [0.1, 0.15) is 5.82 Å². The molecule has 0 bridgehead atoms. The Kier molecular flexibility index (Phi) is 4.46. The molecule has 0 unspecified atom stereocenters. The summed E-state index contributed by atoms with van der Waals surface area (Å²) in [6, 6.07) is 5.93. The highest BCUT2D eigenvalue weighted by Crippen LogP contribution is 2.27. The third kappa shape index (κ3) is 4.13. The van der Waals surface area contributed by atoms with E-state index in [9.17, 15) is 9.18 Å². The summed E-state index contributed by atoms with van der Waals surface area (Å²) in [5.74, 6) is 1.40. The van der Waals surface area contributed by atoms with Crippen molar-refractivity contribution in [3.8, 4) is 11.4 Å². The van der Waals surface area contributed by atoms with Gasteiger partial charge in [0.2, 0.25) is 17.6 Å². The summed E-state index contributed by atoms with van der Waals surface area (Å²) in [5, 5.41) is 6.80. The average molecular weight is 303 g/mol. The number of halogens is 1. The van der Waals surface area contributed by atoms with Gasteiger partial charge in [0, 0.05) is 24.9 Å². The molecule has 1 aromatic heterocycles. The second-order valence-electron chi connectivity index (χ2n) is 5.62. The van der Waals surface area contributed by atoms with Crippen molar-refractivity contribution >= 4 is 5.91 Å². The van der Waals surface area contributed by atoms with Crippen molar-refractivity contribution in [2.24, 2.45) is 5.92 Å². The van der Waals surface area contributed by atoms with Crippen LogP contribution in [0.25, 0.3) is 11.4 Å². The zero-order valence-electron chi connectivity index (χ0n) is 12.2. The number of hydrogen-bond donors (Lipinski definition) is 1.